The van der Waals surface area contributed by atoms with Gasteiger partial charge in [0.05, 0.1) is 12.6 Å². The molecule has 36 heavy (non-hydrogen) atoms. The van der Waals surface area contributed by atoms with Gasteiger partial charge >= 0.3 is 0 Å². The van der Waals surface area contributed by atoms with Crippen molar-refractivity contribution in [3.05, 3.63) is 52.7 Å². The molecule has 1 fully saturated rings. The van der Waals surface area contributed by atoms with Crippen LogP contribution in [0.1, 0.15) is 55.4 Å². The summed E-state index contributed by atoms with van der Waals surface area (Å²) in [5.74, 6) is 2.31. The van der Waals surface area contributed by atoms with E-state index in [0.29, 0.717) is 11.7 Å². The molecule has 192 valence electrons. The summed E-state index contributed by atoms with van der Waals surface area (Å²) >= 11 is 0. The zero-order chi connectivity index (χ0) is 25.6. The summed E-state index contributed by atoms with van der Waals surface area (Å²) in [5.41, 5.74) is 5.90. The van der Waals surface area contributed by atoms with E-state index in [0.717, 1.165) is 53.8 Å². The maximum absolute atomic E-state index is 10.8. The third-order valence-electron chi connectivity index (χ3n) is 8.31. The molecule has 1 aliphatic carbocycles. The molecular weight excluding hydrogens is 448 g/mol. The van der Waals surface area contributed by atoms with Crippen molar-refractivity contribution in [2.24, 2.45) is 18.4 Å². The van der Waals surface area contributed by atoms with Gasteiger partial charge in [-0.15, -0.1) is 0 Å². The van der Waals surface area contributed by atoms with Crippen LogP contribution in [0.5, 0.6) is 17.2 Å². The number of phenolic OH excluding ortho intramolecular Hbond substituents is 1. The number of nitrogens with zero attached hydrogens (tertiary/aromatic N) is 2. The minimum Gasteiger partial charge on any atom is -0.504 e. The van der Waals surface area contributed by atoms with Gasteiger partial charge in [-0.2, -0.15) is 0 Å². The first-order valence-corrected chi connectivity index (χ1v) is 13.2. The highest BCUT2D eigenvalue weighted by molar-refractivity contribution is 5.92. The first-order chi connectivity index (χ1) is 17.2. The summed E-state index contributed by atoms with van der Waals surface area (Å²) in [5, 5.41) is 12.0. The van der Waals surface area contributed by atoms with E-state index in [9.17, 15) is 5.11 Å². The molecule has 5 nitrogen and oxygen atoms in total. The third kappa shape index (κ3) is 4.61. The predicted octanol–water partition coefficient (Wildman–Crippen LogP) is 6.30. The number of aromatic nitrogens is 1. The van der Waals surface area contributed by atoms with Gasteiger partial charge in [-0.1, -0.05) is 26.0 Å². The summed E-state index contributed by atoms with van der Waals surface area (Å²) in [6, 6.07) is 8.32. The van der Waals surface area contributed by atoms with Gasteiger partial charge < -0.3 is 24.0 Å². The molecule has 2 heterocycles. The summed E-state index contributed by atoms with van der Waals surface area (Å²) in [6.45, 7) is 5.72. The van der Waals surface area contributed by atoms with E-state index in [-0.39, 0.29) is 17.3 Å². The lowest BCUT2D eigenvalue weighted by atomic mass is 9.64. The smallest absolute Gasteiger partial charge is 0.164 e. The lowest BCUT2D eigenvalue weighted by Crippen LogP contribution is -2.45. The Bertz CT molecular complexity index is 1300. The number of likely N-dealkylation sites (N-methyl/N-ethyl adjacent to an activating group) is 1. The average molecular weight is 489 g/mol. The minimum atomic E-state index is 0.209. The first-order valence-electron chi connectivity index (χ1n) is 13.2. The molecule has 0 amide bonds. The van der Waals surface area contributed by atoms with E-state index in [1.54, 1.807) is 7.11 Å². The van der Waals surface area contributed by atoms with E-state index in [1.165, 1.54) is 23.8 Å². The van der Waals surface area contributed by atoms with Crippen molar-refractivity contribution in [3.63, 3.8) is 0 Å². The summed E-state index contributed by atoms with van der Waals surface area (Å²) in [7, 11) is 8.04. The van der Waals surface area contributed by atoms with Gasteiger partial charge in [-0.05, 0) is 98.1 Å². The molecular formula is C31H40N2O3. The standard InChI is InChI=1S/C31H40N2O3/c1-31(2)12-7-8-27-24(31)18-23-14-20(16-26(34)30(23)36-27)9-10-21-15-25-29(28(17-21)35-6)22(19-33(25)5)11-13-32(3)4/h9-10,14-17,19,24,27,34H,7-8,11-13,18H2,1-6H3/b10-9+/t24-,27?/m0/s1. The van der Waals surface area contributed by atoms with E-state index in [1.807, 2.05) is 6.07 Å². The molecule has 2 atom stereocenters. The highest BCUT2D eigenvalue weighted by atomic mass is 16.5. The van der Waals surface area contributed by atoms with Crippen LogP contribution >= 0.6 is 0 Å². The summed E-state index contributed by atoms with van der Waals surface area (Å²) in [4.78, 5) is 2.21. The molecule has 0 spiro atoms. The molecule has 0 saturated heterocycles. The van der Waals surface area contributed by atoms with Gasteiger partial charge in [0.2, 0.25) is 0 Å². The molecule has 2 aliphatic rings. The van der Waals surface area contributed by atoms with E-state index in [4.69, 9.17) is 9.47 Å². The number of rotatable bonds is 6. The van der Waals surface area contributed by atoms with Gasteiger partial charge in [0.1, 0.15) is 11.9 Å². The van der Waals surface area contributed by atoms with Crippen LogP contribution in [0.15, 0.2) is 30.5 Å². The Morgan fingerprint density at radius 1 is 1.17 bits per heavy atom. The zero-order valence-corrected chi connectivity index (χ0v) is 22.6. The second-order valence-corrected chi connectivity index (χ2v) is 11.6. The minimum absolute atomic E-state index is 0.209. The SMILES string of the molecule is COc1cc(/C=C/c2cc(O)c3c(c2)C[C@H]2C(CCCC2(C)C)O3)cc2c1c(CCN(C)C)cn2C. The number of fused-ring (bicyclic) bond motifs is 3. The van der Waals surface area contributed by atoms with Gasteiger partial charge in [-0.3, -0.25) is 0 Å². The fraction of sp³-hybridized carbons (Fsp3) is 0.484. The molecule has 0 radical (unpaired) electrons. The summed E-state index contributed by atoms with van der Waals surface area (Å²) in [6.07, 6.45) is 12.0. The lowest BCUT2D eigenvalue weighted by Gasteiger charge is -2.46. The van der Waals surface area contributed by atoms with Crippen molar-refractivity contribution in [1.29, 1.82) is 0 Å². The molecule has 0 bridgehead atoms. The Morgan fingerprint density at radius 2 is 1.92 bits per heavy atom. The first kappa shape index (κ1) is 24.8. The average Bonchev–Trinajstić information content (AvgIpc) is 3.15. The Labute approximate surface area is 215 Å². The van der Waals surface area contributed by atoms with Crippen molar-refractivity contribution < 1.29 is 14.6 Å². The fourth-order valence-corrected chi connectivity index (χ4v) is 6.24. The van der Waals surface area contributed by atoms with Gasteiger partial charge in [0.25, 0.3) is 0 Å². The molecule has 5 rings (SSSR count). The van der Waals surface area contributed by atoms with Crippen molar-refractivity contribution in [1.82, 2.24) is 9.47 Å². The Morgan fingerprint density at radius 3 is 2.64 bits per heavy atom. The fourth-order valence-electron chi connectivity index (χ4n) is 6.24. The molecule has 1 aliphatic heterocycles. The quantitative estimate of drug-likeness (QED) is 0.414. The van der Waals surface area contributed by atoms with Gasteiger partial charge in [0.15, 0.2) is 11.5 Å². The normalized spacial score (nSPS) is 21.0. The second kappa shape index (κ2) is 9.51. The molecule has 1 aromatic heterocycles. The maximum Gasteiger partial charge on any atom is 0.164 e. The highest BCUT2D eigenvalue weighted by Gasteiger charge is 2.43. The Kier molecular flexibility index (Phi) is 6.54. The van der Waals surface area contributed by atoms with Crippen LogP contribution in [0.25, 0.3) is 23.1 Å². The number of aromatic hydroxyl groups is 1. The van der Waals surface area contributed by atoms with E-state index in [2.05, 4.69) is 81.0 Å². The van der Waals surface area contributed by atoms with Crippen molar-refractivity contribution in [2.75, 3.05) is 27.7 Å². The molecule has 1 saturated carbocycles. The zero-order valence-electron chi connectivity index (χ0n) is 22.6. The van der Waals surface area contributed by atoms with Crippen LogP contribution in [-0.4, -0.2) is 48.4 Å². The van der Waals surface area contributed by atoms with Crippen molar-refractivity contribution in [2.45, 2.75) is 52.1 Å². The number of phenols is 1. The van der Waals surface area contributed by atoms with Gasteiger partial charge in [0, 0.05) is 31.1 Å². The van der Waals surface area contributed by atoms with Crippen LogP contribution in [-0.2, 0) is 19.9 Å². The summed E-state index contributed by atoms with van der Waals surface area (Å²) < 4.78 is 14.4. The number of hydrogen-bond donors (Lipinski definition) is 1. The number of hydrogen-bond acceptors (Lipinski definition) is 4. The van der Waals surface area contributed by atoms with Crippen LogP contribution in [0.2, 0.25) is 0 Å². The molecule has 3 aromatic rings. The topological polar surface area (TPSA) is 46.9 Å². The van der Waals surface area contributed by atoms with Crippen LogP contribution < -0.4 is 9.47 Å². The van der Waals surface area contributed by atoms with E-state index < -0.39 is 0 Å². The van der Waals surface area contributed by atoms with Gasteiger partial charge in [-0.25, -0.2) is 0 Å². The highest BCUT2D eigenvalue weighted by Crippen LogP contribution is 2.50. The Hall–Kier alpha value is -2.92. The molecule has 5 heteroatoms. The maximum atomic E-state index is 10.8. The van der Waals surface area contributed by atoms with Crippen LogP contribution in [0.3, 0.4) is 0 Å². The molecule has 1 N–H and O–H groups in total. The molecule has 2 aromatic carbocycles. The second-order valence-electron chi connectivity index (χ2n) is 11.6. The van der Waals surface area contributed by atoms with Crippen molar-refractivity contribution in [3.8, 4) is 17.2 Å². The molecule has 1 unspecified atom stereocenters. The van der Waals surface area contributed by atoms with Crippen LogP contribution in [0.4, 0.5) is 0 Å². The number of ether oxygens (including phenoxy) is 2. The number of aryl methyl sites for hydroxylation is 1. The largest absolute Gasteiger partial charge is 0.504 e. The van der Waals surface area contributed by atoms with E-state index >= 15 is 0 Å². The monoisotopic (exact) mass is 488 g/mol. The van der Waals surface area contributed by atoms with Crippen molar-refractivity contribution >= 4 is 23.1 Å². The van der Waals surface area contributed by atoms with Crippen LogP contribution in [0, 0.1) is 11.3 Å². The number of methoxy groups -OCH3 is 1. The lowest BCUT2D eigenvalue weighted by molar-refractivity contribution is -0.00709. The third-order valence-corrected chi connectivity index (χ3v) is 8.31. The Balaban J connectivity index is 1.45. The number of benzene rings is 2. The predicted molar refractivity (Wildman–Crippen MR) is 148 cm³/mol.